The smallest absolute Gasteiger partial charge is 0.139 e. The van der Waals surface area contributed by atoms with Gasteiger partial charge in [0.2, 0.25) is 0 Å². The quantitative estimate of drug-likeness (QED) is 0.521. The van der Waals surface area contributed by atoms with Gasteiger partial charge in [-0.25, -0.2) is 0 Å². The lowest BCUT2D eigenvalue weighted by Gasteiger charge is -2.13. The largest absolute Gasteiger partial charge is 0.299 e. The van der Waals surface area contributed by atoms with Crippen molar-refractivity contribution in [2.45, 2.75) is 40.5 Å². The molecule has 2 atom stereocenters. The Kier molecular flexibility index (Phi) is 0.942. The molecule has 1 heteroatoms. The standard InChI is InChI=1S/C10H16O/c1-8(2)9(3)6-5-7(11)10(8,9)4/h5-6H2,1-4H3/t9-,10+/m1/s1. The molecule has 62 valence electrons. The SMILES string of the molecule is CC1(C)[C@]2(C)C(=O)CC[C@]12C. The van der Waals surface area contributed by atoms with E-state index in [4.69, 9.17) is 0 Å². The second-order valence-corrected chi connectivity index (χ2v) is 5.01. The molecule has 1 nitrogen and oxygen atoms in total. The molecule has 2 aliphatic rings. The topological polar surface area (TPSA) is 17.1 Å². The van der Waals surface area contributed by atoms with Gasteiger partial charge in [-0.15, -0.1) is 0 Å². The summed E-state index contributed by atoms with van der Waals surface area (Å²) >= 11 is 0. The predicted octanol–water partition coefficient (Wildman–Crippen LogP) is 2.40. The number of hydrogen-bond donors (Lipinski definition) is 0. The first-order valence-electron chi connectivity index (χ1n) is 4.41. The first kappa shape index (κ1) is 7.33. The molecule has 0 aromatic rings. The Morgan fingerprint density at radius 1 is 1.18 bits per heavy atom. The van der Waals surface area contributed by atoms with E-state index in [2.05, 4.69) is 27.7 Å². The van der Waals surface area contributed by atoms with Crippen LogP contribution in [-0.4, -0.2) is 5.78 Å². The van der Waals surface area contributed by atoms with Crippen molar-refractivity contribution in [3.05, 3.63) is 0 Å². The van der Waals surface area contributed by atoms with Crippen LogP contribution in [0.2, 0.25) is 0 Å². The molecule has 0 unspecified atom stereocenters. The van der Waals surface area contributed by atoms with Crippen molar-refractivity contribution in [2.24, 2.45) is 16.2 Å². The molecule has 0 radical (unpaired) electrons. The number of hydrogen-bond acceptors (Lipinski definition) is 1. The molecule has 2 rings (SSSR count). The van der Waals surface area contributed by atoms with Gasteiger partial charge in [-0.3, -0.25) is 4.79 Å². The van der Waals surface area contributed by atoms with E-state index >= 15 is 0 Å². The lowest BCUT2D eigenvalue weighted by molar-refractivity contribution is -0.123. The van der Waals surface area contributed by atoms with Crippen LogP contribution in [0.4, 0.5) is 0 Å². The second-order valence-electron chi connectivity index (χ2n) is 5.01. The molecule has 2 aliphatic carbocycles. The average molecular weight is 152 g/mol. The van der Waals surface area contributed by atoms with E-state index < -0.39 is 0 Å². The van der Waals surface area contributed by atoms with Crippen LogP contribution in [0.1, 0.15) is 40.5 Å². The number of fused-ring (bicyclic) bond motifs is 1. The molecule has 0 heterocycles. The van der Waals surface area contributed by atoms with E-state index in [9.17, 15) is 4.79 Å². The van der Waals surface area contributed by atoms with Crippen molar-refractivity contribution in [2.75, 3.05) is 0 Å². The highest BCUT2D eigenvalue weighted by atomic mass is 16.1. The van der Waals surface area contributed by atoms with Crippen LogP contribution in [0.25, 0.3) is 0 Å². The summed E-state index contributed by atoms with van der Waals surface area (Å²) in [5.74, 6) is 0.491. The fourth-order valence-electron chi connectivity index (χ4n) is 3.28. The molecule has 0 amide bonds. The third kappa shape index (κ3) is 0.423. The van der Waals surface area contributed by atoms with Gasteiger partial charge in [0, 0.05) is 11.8 Å². The molecule has 0 aromatic heterocycles. The molecule has 0 aliphatic heterocycles. The zero-order valence-electron chi connectivity index (χ0n) is 7.82. The first-order valence-corrected chi connectivity index (χ1v) is 4.41. The summed E-state index contributed by atoms with van der Waals surface area (Å²) in [6.07, 6.45) is 1.92. The molecule has 0 spiro atoms. The van der Waals surface area contributed by atoms with Crippen LogP contribution in [0, 0.1) is 16.2 Å². The summed E-state index contributed by atoms with van der Waals surface area (Å²) in [7, 11) is 0. The first-order chi connectivity index (χ1) is 4.88. The molecule has 0 saturated heterocycles. The lowest BCUT2D eigenvalue weighted by atomic mass is 9.91. The van der Waals surface area contributed by atoms with E-state index in [1.807, 2.05) is 0 Å². The fraction of sp³-hybridized carbons (Fsp3) is 0.900. The van der Waals surface area contributed by atoms with Gasteiger partial charge in [0.15, 0.2) is 0 Å². The normalized spacial score (nSPS) is 52.5. The Labute approximate surface area is 68.2 Å². The Morgan fingerprint density at radius 2 is 1.73 bits per heavy atom. The summed E-state index contributed by atoms with van der Waals surface area (Å²) in [6.45, 7) is 8.86. The average Bonchev–Trinajstić information content (AvgIpc) is 2.21. The summed E-state index contributed by atoms with van der Waals surface area (Å²) in [4.78, 5) is 11.6. The molecule has 2 saturated carbocycles. The van der Waals surface area contributed by atoms with Crippen LogP contribution < -0.4 is 0 Å². The van der Waals surface area contributed by atoms with Gasteiger partial charge in [-0.2, -0.15) is 0 Å². The van der Waals surface area contributed by atoms with Crippen LogP contribution in [-0.2, 0) is 4.79 Å². The van der Waals surface area contributed by atoms with Crippen molar-refractivity contribution < 1.29 is 4.79 Å². The highest BCUT2D eigenvalue weighted by Crippen LogP contribution is 2.83. The predicted molar refractivity (Wildman–Crippen MR) is 44.2 cm³/mol. The van der Waals surface area contributed by atoms with Gasteiger partial charge in [0.25, 0.3) is 0 Å². The van der Waals surface area contributed by atoms with E-state index in [1.165, 1.54) is 0 Å². The van der Waals surface area contributed by atoms with Crippen molar-refractivity contribution >= 4 is 5.78 Å². The van der Waals surface area contributed by atoms with Crippen LogP contribution >= 0.6 is 0 Å². The Hall–Kier alpha value is -0.330. The lowest BCUT2D eigenvalue weighted by Crippen LogP contribution is -2.15. The van der Waals surface area contributed by atoms with Gasteiger partial charge in [0.05, 0.1) is 0 Å². The summed E-state index contributed by atoms with van der Waals surface area (Å²) in [5, 5.41) is 0. The number of rotatable bonds is 0. The van der Waals surface area contributed by atoms with Crippen molar-refractivity contribution in [3.8, 4) is 0 Å². The van der Waals surface area contributed by atoms with E-state index in [0.29, 0.717) is 11.2 Å². The molecule has 0 N–H and O–H groups in total. The van der Waals surface area contributed by atoms with Crippen molar-refractivity contribution in [1.82, 2.24) is 0 Å². The third-order valence-electron chi connectivity index (χ3n) is 5.08. The van der Waals surface area contributed by atoms with Crippen LogP contribution in [0.3, 0.4) is 0 Å². The van der Waals surface area contributed by atoms with Gasteiger partial charge >= 0.3 is 0 Å². The summed E-state index contributed by atoms with van der Waals surface area (Å²) in [6, 6.07) is 0. The van der Waals surface area contributed by atoms with Crippen LogP contribution in [0.15, 0.2) is 0 Å². The van der Waals surface area contributed by atoms with E-state index in [0.717, 1.165) is 12.8 Å². The fourth-order valence-corrected chi connectivity index (χ4v) is 3.28. The Bertz CT molecular complexity index is 241. The van der Waals surface area contributed by atoms with E-state index in [1.54, 1.807) is 0 Å². The van der Waals surface area contributed by atoms with Gasteiger partial charge in [-0.05, 0) is 17.3 Å². The van der Waals surface area contributed by atoms with Crippen LogP contribution in [0.5, 0.6) is 0 Å². The molecule has 2 fully saturated rings. The maximum Gasteiger partial charge on any atom is 0.139 e. The minimum Gasteiger partial charge on any atom is -0.299 e. The zero-order chi connectivity index (χ0) is 8.49. The maximum absolute atomic E-state index is 11.6. The van der Waals surface area contributed by atoms with Crippen molar-refractivity contribution in [1.29, 1.82) is 0 Å². The molecule has 0 aromatic carbocycles. The number of Topliss-reactive ketones (excluding diaryl/α,β-unsaturated/α-hetero) is 1. The highest BCUT2D eigenvalue weighted by molar-refractivity contribution is 5.93. The summed E-state index contributed by atoms with van der Waals surface area (Å²) < 4.78 is 0. The second kappa shape index (κ2) is 1.41. The van der Waals surface area contributed by atoms with Gasteiger partial charge in [0.1, 0.15) is 5.78 Å². The molecular weight excluding hydrogens is 136 g/mol. The maximum atomic E-state index is 11.6. The van der Waals surface area contributed by atoms with Crippen molar-refractivity contribution in [3.63, 3.8) is 0 Å². The van der Waals surface area contributed by atoms with Gasteiger partial charge in [-0.1, -0.05) is 27.7 Å². The number of carbonyl (C=O) groups is 1. The zero-order valence-corrected chi connectivity index (χ0v) is 7.82. The number of ketones is 1. The Morgan fingerprint density at radius 3 is 1.91 bits per heavy atom. The summed E-state index contributed by atoms with van der Waals surface area (Å²) in [5.41, 5.74) is 0.590. The monoisotopic (exact) mass is 152 g/mol. The highest BCUT2D eigenvalue weighted by Gasteiger charge is 2.82. The third-order valence-corrected chi connectivity index (χ3v) is 5.08. The molecule has 11 heavy (non-hydrogen) atoms. The minimum absolute atomic E-state index is 0.0139. The molecule has 0 bridgehead atoms. The van der Waals surface area contributed by atoms with Gasteiger partial charge < -0.3 is 0 Å². The minimum atomic E-state index is 0.0139. The van der Waals surface area contributed by atoms with E-state index in [-0.39, 0.29) is 10.8 Å². The number of carbonyl (C=O) groups excluding carboxylic acids is 1. The molecular formula is C10H16O. The Balaban J connectivity index is 2.48.